The molecule has 1 aliphatic carbocycles. The lowest BCUT2D eigenvalue weighted by Crippen LogP contribution is -2.37. The van der Waals surface area contributed by atoms with Crippen LogP contribution in [0.4, 0.5) is 0 Å². The highest BCUT2D eigenvalue weighted by Crippen LogP contribution is 2.47. The lowest BCUT2D eigenvalue weighted by molar-refractivity contribution is -0.125. The molecule has 1 aromatic rings. The molecule has 0 bridgehead atoms. The molecule has 0 aromatic carbocycles. The molecule has 1 aliphatic rings. The van der Waals surface area contributed by atoms with E-state index < -0.39 is 12.0 Å². The van der Waals surface area contributed by atoms with Gasteiger partial charge in [0.2, 0.25) is 5.91 Å². The van der Waals surface area contributed by atoms with E-state index in [1.807, 2.05) is 12.1 Å². The van der Waals surface area contributed by atoms with Crippen LogP contribution in [0.25, 0.3) is 0 Å². The van der Waals surface area contributed by atoms with Gasteiger partial charge in [-0.05, 0) is 24.5 Å². The van der Waals surface area contributed by atoms with Gasteiger partial charge in [-0.15, -0.1) is 0 Å². The van der Waals surface area contributed by atoms with Crippen LogP contribution in [0.2, 0.25) is 0 Å². The topological polar surface area (TPSA) is 88.5 Å². The minimum Gasteiger partial charge on any atom is -0.464 e. The molecular weight excluding hydrogens is 220 g/mol. The number of aliphatic hydroxyl groups excluding tert-OH is 1. The van der Waals surface area contributed by atoms with Crippen LogP contribution in [0, 0.1) is 5.92 Å². The fourth-order valence-electron chi connectivity index (χ4n) is 1.84. The number of amides is 1. The van der Waals surface area contributed by atoms with E-state index in [9.17, 15) is 9.90 Å². The molecule has 3 atom stereocenters. The van der Waals surface area contributed by atoms with Crippen LogP contribution in [-0.2, 0) is 11.3 Å². The number of hydrogen-bond acceptors (Lipinski definition) is 4. The molecule has 5 nitrogen and oxygen atoms in total. The van der Waals surface area contributed by atoms with Crippen molar-refractivity contribution in [3.8, 4) is 0 Å². The van der Waals surface area contributed by atoms with Gasteiger partial charge in [0.25, 0.3) is 0 Å². The van der Waals surface area contributed by atoms with Crippen LogP contribution >= 0.6 is 0 Å². The number of nitrogens with two attached hydrogens (primary N) is 1. The fraction of sp³-hybridized carbons (Fsp3) is 0.583. The zero-order chi connectivity index (χ0) is 12.4. The summed E-state index contributed by atoms with van der Waals surface area (Å²) in [5.41, 5.74) is 4.93. The van der Waals surface area contributed by atoms with Crippen molar-refractivity contribution >= 4 is 5.91 Å². The predicted octanol–water partition coefficient (Wildman–Crippen LogP) is 0.339. The summed E-state index contributed by atoms with van der Waals surface area (Å²) in [6, 6.07) is 3.92. The summed E-state index contributed by atoms with van der Waals surface area (Å²) in [5.74, 6) is 2.42. The summed E-state index contributed by atoms with van der Waals surface area (Å²) in [6.45, 7) is 2.84. The second kappa shape index (κ2) is 4.89. The molecule has 94 valence electrons. The van der Waals surface area contributed by atoms with E-state index in [1.54, 1.807) is 0 Å². The Morgan fingerprint density at radius 3 is 3.00 bits per heavy atom. The maximum atomic E-state index is 10.6. The highest BCUT2D eigenvalue weighted by Gasteiger charge is 2.36. The minimum absolute atomic E-state index is 0.144. The molecule has 4 N–H and O–H groups in total. The van der Waals surface area contributed by atoms with Gasteiger partial charge in [0.15, 0.2) is 0 Å². The van der Waals surface area contributed by atoms with Gasteiger partial charge in [-0.25, -0.2) is 0 Å². The van der Waals surface area contributed by atoms with Crippen LogP contribution in [0.5, 0.6) is 0 Å². The first-order valence-corrected chi connectivity index (χ1v) is 5.84. The molecule has 5 heteroatoms. The normalized spacial score (nSPS) is 24.6. The second-order valence-electron chi connectivity index (χ2n) is 4.67. The van der Waals surface area contributed by atoms with Crippen LogP contribution < -0.4 is 11.1 Å². The molecule has 0 saturated heterocycles. The van der Waals surface area contributed by atoms with Crippen molar-refractivity contribution < 1.29 is 14.3 Å². The number of aliphatic hydroxyl groups is 1. The molecule has 0 aliphatic heterocycles. The smallest absolute Gasteiger partial charge is 0.247 e. The maximum absolute atomic E-state index is 10.6. The summed E-state index contributed by atoms with van der Waals surface area (Å²) >= 11 is 0. The van der Waals surface area contributed by atoms with Gasteiger partial charge in [0.05, 0.1) is 6.54 Å². The molecule has 0 radical (unpaired) electrons. The fourth-order valence-corrected chi connectivity index (χ4v) is 1.84. The third kappa shape index (κ3) is 3.08. The number of carbonyl (C=O) groups excluding carboxylic acids is 1. The van der Waals surface area contributed by atoms with Crippen molar-refractivity contribution in [2.75, 3.05) is 6.54 Å². The average Bonchev–Trinajstić information content (AvgIpc) is 2.83. The van der Waals surface area contributed by atoms with Crippen LogP contribution in [-0.4, -0.2) is 23.7 Å². The highest BCUT2D eigenvalue weighted by atomic mass is 16.3. The van der Waals surface area contributed by atoms with Gasteiger partial charge in [-0.3, -0.25) is 4.79 Å². The number of furan rings is 1. The minimum atomic E-state index is -1.15. The van der Waals surface area contributed by atoms with E-state index in [0.29, 0.717) is 12.5 Å². The Bertz CT molecular complexity index is 402. The molecule has 1 fully saturated rings. The summed E-state index contributed by atoms with van der Waals surface area (Å²) < 4.78 is 5.66. The monoisotopic (exact) mass is 238 g/mol. The number of nitrogens with one attached hydrogen (secondary N) is 1. The van der Waals surface area contributed by atoms with E-state index in [0.717, 1.165) is 17.4 Å². The van der Waals surface area contributed by atoms with Crippen LogP contribution in [0.3, 0.4) is 0 Å². The summed E-state index contributed by atoms with van der Waals surface area (Å²) in [5, 5.41) is 12.1. The average molecular weight is 238 g/mol. The number of carbonyl (C=O) groups is 1. The van der Waals surface area contributed by atoms with Crippen molar-refractivity contribution in [2.45, 2.75) is 31.9 Å². The number of hydrogen-bond donors (Lipinski definition) is 3. The Morgan fingerprint density at radius 1 is 1.71 bits per heavy atom. The van der Waals surface area contributed by atoms with E-state index in [1.165, 1.54) is 6.42 Å². The summed E-state index contributed by atoms with van der Waals surface area (Å²) in [7, 11) is 0. The van der Waals surface area contributed by atoms with E-state index in [4.69, 9.17) is 10.2 Å². The molecule has 0 spiro atoms. The Kier molecular flexibility index (Phi) is 3.49. The second-order valence-corrected chi connectivity index (χ2v) is 4.67. The van der Waals surface area contributed by atoms with Crippen molar-refractivity contribution in [1.29, 1.82) is 0 Å². The molecule has 1 saturated carbocycles. The first-order chi connectivity index (χ1) is 8.08. The van der Waals surface area contributed by atoms with Gasteiger partial charge < -0.3 is 20.6 Å². The van der Waals surface area contributed by atoms with Crippen LogP contribution in [0.1, 0.15) is 30.8 Å². The van der Waals surface area contributed by atoms with Gasteiger partial charge >= 0.3 is 0 Å². The van der Waals surface area contributed by atoms with Crippen LogP contribution in [0.15, 0.2) is 16.5 Å². The predicted molar refractivity (Wildman–Crippen MR) is 62.1 cm³/mol. The zero-order valence-corrected chi connectivity index (χ0v) is 9.85. The lowest BCUT2D eigenvalue weighted by Gasteiger charge is -2.06. The molecular formula is C12H18N2O3. The standard InChI is InChI=1S/C12H18N2O3/c1-7-4-9(7)11-3-2-8(17-11)5-14-6-10(15)12(13)16/h2-3,7,9-10,14-15H,4-6H2,1H3,(H2,13,16). The van der Waals surface area contributed by atoms with Gasteiger partial charge in [0, 0.05) is 12.5 Å². The Balaban J connectivity index is 1.76. The van der Waals surface area contributed by atoms with Gasteiger partial charge in [-0.2, -0.15) is 0 Å². The lowest BCUT2D eigenvalue weighted by atomic mass is 10.3. The van der Waals surface area contributed by atoms with Crippen molar-refractivity contribution in [3.63, 3.8) is 0 Å². The Hall–Kier alpha value is -1.33. The summed E-state index contributed by atoms with van der Waals surface area (Å²) in [6.07, 6.45) is 0.0497. The molecule has 2 rings (SSSR count). The Morgan fingerprint density at radius 2 is 2.41 bits per heavy atom. The first-order valence-electron chi connectivity index (χ1n) is 5.84. The maximum Gasteiger partial charge on any atom is 0.247 e. The van der Waals surface area contributed by atoms with Crippen molar-refractivity contribution in [2.24, 2.45) is 11.7 Å². The van der Waals surface area contributed by atoms with Gasteiger partial charge in [-0.1, -0.05) is 6.92 Å². The molecule has 3 unspecified atom stereocenters. The SMILES string of the molecule is CC1CC1c1ccc(CNCC(O)C(N)=O)o1. The molecule has 1 amide bonds. The quantitative estimate of drug-likeness (QED) is 0.666. The third-order valence-corrected chi connectivity index (χ3v) is 3.12. The molecule has 17 heavy (non-hydrogen) atoms. The first kappa shape index (κ1) is 12.1. The number of primary amides is 1. The van der Waals surface area contributed by atoms with Crippen molar-refractivity contribution in [1.82, 2.24) is 5.32 Å². The number of rotatable bonds is 6. The van der Waals surface area contributed by atoms with Gasteiger partial charge in [0.1, 0.15) is 17.6 Å². The zero-order valence-electron chi connectivity index (χ0n) is 9.85. The van der Waals surface area contributed by atoms with Crippen molar-refractivity contribution in [3.05, 3.63) is 23.7 Å². The molecule has 1 aromatic heterocycles. The van der Waals surface area contributed by atoms with E-state index in [-0.39, 0.29) is 6.54 Å². The Labute approximate surface area is 100.0 Å². The third-order valence-electron chi connectivity index (χ3n) is 3.12. The largest absolute Gasteiger partial charge is 0.464 e. The summed E-state index contributed by atoms with van der Waals surface area (Å²) in [4.78, 5) is 10.6. The highest BCUT2D eigenvalue weighted by molar-refractivity contribution is 5.78. The van der Waals surface area contributed by atoms with E-state index >= 15 is 0 Å². The van der Waals surface area contributed by atoms with E-state index in [2.05, 4.69) is 12.2 Å². The molecule has 1 heterocycles.